The molecule has 1 unspecified atom stereocenters. The van der Waals surface area contributed by atoms with Gasteiger partial charge >= 0.3 is 0 Å². The largest absolute Gasteiger partial charge is 0.497 e. The third kappa shape index (κ3) is 4.89. The van der Waals surface area contributed by atoms with Gasteiger partial charge in [-0.2, -0.15) is 0 Å². The summed E-state index contributed by atoms with van der Waals surface area (Å²) in [6.45, 7) is 3.88. The molecule has 0 spiro atoms. The van der Waals surface area contributed by atoms with Gasteiger partial charge in [-0.05, 0) is 42.8 Å². The minimum absolute atomic E-state index is 0.106. The average molecular weight is 355 g/mol. The molecule has 0 radical (unpaired) electrons. The first-order chi connectivity index (χ1) is 12.6. The number of hydrogen-bond acceptors (Lipinski definition) is 4. The molecule has 0 aliphatic carbocycles. The van der Waals surface area contributed by atoms with Crippen molar-refractivity contribution in [3.05, 3.63) is 53.6 Å². The lowest BCUT2D eigenvalue weighted by atomic mass is 10.1. The first-order valence-electron chi connectivity index (χ1n) is 8.69. The molecule has 26 heavy (non-hydrogen) atoms. The van der Waals surface area contributed by atoms with Crippen LogP contribution in [0.4, 0.5) is 5.69 Å². The van der Waals surface area contributed by atoms with Gasteiger partial charge in [-0.15, -0.1) is 0 Å². The maximum atomic E-state index is 6.09. The Morgan fingerprint density at radius 2 is 2.08 bits per heavy atom. The van der Waals surface area contributed by atoms with Gasteiger partial charge in [0.15, 0.2) is 5.96 Å². The van der Waals surface area contributed by atoms with Crippen molar-refractivity contribution in [2.24, 2.45) is 10.7 Å². The number of guanidine groups is 1. The lowest BCUT2D eigenvalue weighted by Crippen LogP contribution is -2.22. The summed E-state index contributed by atoms with van der Waals surface area (Å²) in [6.07, 6.45) is 1.02. The standard InChI is InChI=1S/C20H25N3O3/c1-14-3-4-15(19(11-14)26-18-9-10-25-13-18)12-22-20(21)23-16-5-7-17(24-2)8-6-16/h3-8,11,18H,9-10,12-13H2,1-2H3,(H3,21,22,23). The summed E-state index contributed by atoms with van der Waals surface area (Å²) in [6, 6.07) is 13.6. The van der Waals surface area contributed by atoms with E-state index in [-0.39, 0.29) is 6.10 Å². The normalized spacial score (nSPS) is 17.2. The number of benzene rings is 2. The van der Waals surface area contributed by atoms with Crippen molar-refractivity contribution in [1.29, 1.82) is 0 Å². The van der Waals surface area contributed by atoms with Crippen LogP contribution in [0.15, 0.2) is 47.5 Å². The summed E-state index contributed by atoms with van der Waals surface area (Å²) in [5.74, 6) is 2.00. The van der Waals surface area contributed by atoms with E-state index in [1.54, 1.807) is 7.11 Å². The van der Waals surface area contributed by atoms with Crippen LogP contribution in [-0.4, -0.2) is 32.4 Å². The molecule has 1 atom stereocenters. The molecule has 3 N–H and O–H groups in total. The van der Waals surface area contributed by atoms with E-state index in [4.69, 9.17) is 19.9 Å². The molecule has 1 fully saturated rings. The second kappa shape index (κ2) is 8.58. The predicted octanol–water partition coefficient (Wildman–Crippen LogP) is 3.10. The van der Waals surface area contributed by atoms with E-state index >= 15 is 0 Å². The zero-order chi connectivity index (χ0) is 18.4. The summed E-state index contributed by atoms with van der Waals surface area (Å²) in [5.41, 5.74) is 9.02. The van der Waals surface area contributed by atoms with Gasteiger partial charge in [0.25, 0.3) is 0 Å². The summed E-state index contributed by atoms with van der Waals surface area (Å²) >= 11 is 0. The van der Waals surface area contributed by atoms with Crippen LogP contribution in [0.2, 0.25) is 0 Å². The van der Waals surface area contributed by atoms with Gasteiger partial charge in [-0.3, -0.25) is 0 Å². The molecule has 0 bridgehead atoms. The Morgan fingerprint density at radius 1 is 1.27 bits per heavy atom. The predicted molar refractivity (Wildman–Crippen MR) is 103 cm³/mol. The Balaban J connectivity index is 1.65. The van der Waals surface area contributed by atoms with Crippen molar-refractivity contribution in [3.63, 3.8) is 0 Å². The molecule has 0 amide bonds. The Morgan fingerprint density at radius 3 is 2.77 bits per heavy atom. The number of hydrogen-bond donors (Lipinski definition) is 2. The number of aliphatic imine (C=N–C) groups is 1. The molecule has 0 aromatic heterocycles. The number of nitrogens with one attached hydrogen (secondary N) is 1. The van der Waals surface area contributed by atoms with Crippen LogP contribution in [0.3, 0.4) is 0 Å². The van der Waals surface area contributed by atoms with Crippen LogP contribution in [0.1, 0.15) is 17.5 Å². The highest BCUT2D eigenvalue weighted by Crippen LogP contribution is 2.24. The molecule has 3 rings (SSSR count). The number of nitrogens with two attached hydrogens (primary N) is 1. The van der Waals surface area contributed by atoms with Gasteiger partial charge in [0.2, 0.25) is 0 Å². The highest BCUT2D eigenvalue weighted by molar-refractivity contribution is 5.92. The summed E-state index contributed by atoms with van der Waals surface area (Å²) < 4.78 is 16.6. The van der Waals surface area contributed by atoms with Crippen molar-refractivity contribution < 1.29 is 14.2 Å². The fourth-order valence-corrected chi connectivity index (χ4v) is 2.72. The molecule has 2 aromatic carbocycles. The van der Waals surface area contributed by atoms with Gasteiger partial charge in [0, 0.05) is 17.7 Å². The van der Waals surface area contributed by atoms with Crippen molar-refractivity contribution in [2.75, 3.05) is 25.6 Å². The minimum atomic E-state index is 0.106. The average Bonchev–Trinajstić information content (AvgIpc) is 3.15. The third-order valence-corrected chi connectivity index (χ3v) is 4.19. The second-order valence-electron chi connectivity index (χ2n) is 6.27. The van der Waals surface area contributed by atoms with Crippen molar-refractivity contribution in [1.82, 2.24) is 0 Å². The third-order valence-electron chi connectivity index (χ3n) is 4.19. The minimum Gasteiger partial charge on any atom is -0.497 e. The van der Waals surface area contributed by atoms with Crippen LogP contribution in [0.5, 0.6) is 11.5 Å². The van der Waals surface area contributed by atoms with E-state index in [9.17, 15) is 0 Å². The molecule has 1 heterocycles. The first kappa shape index (κ1) is 18.1. The van der Waals surface area contributed by atoms with Gasteiger partial charge in [0.1, 0.15) is 17.6 Å². The van der Waals surface area contributed by atoms with Crippen molar-refractivity contribution in [3.8, 4) is 11.5 Å². The summed E-state index contributed by atoms with van der Waals surface area (Å²) in [7, 11) is 1.64. The van der Waals surface area contributed by atoms with Crippen LogP contribution >= 0.6 is 0 Å². The van der Waals surface area contributed by atoms with Gasteiger partial charge < -0.3 is 25.3 Å². The number of rotatable bonds is 6. The van der Waals surface area contributed by atoms with Crippen molar-refractivity contribution >= 4 is 11.6 Å². The topological polar surface area (TPSA) is 78.1 Å². The maximum Gasteiger partial charge on any atom is 0.193 e. The van der Waals surface area contributed by atoms with E-state index in [1.165, 1.54) is 0 Å². The smallest absolute Gasteiger partial charge is 0.193 e. The Labute approximate surface area is 154 Å². The Hall–Kier alpha value is -2.73. The van der Waals surface area contributed by atoms with Crippen LogP contribution in [0, 0.1) is 6.92 Å². The van der Waals surface area contributed by atoms with Crippen LogP contribution < -0.4 is 20.5 Å². The number of methoxy groups -OCH3 is 1. The quantitative estimate of drug-likeness (QED) is 0.615. The number of anilines is 1. The molecular weight excluding hydrogens is 330 g/mol. The summed E-state index contributed by atoms with van der Waals surface area (Å²) in [4.78, 5) is 4.44. The molecular formula is C20H25N3O3. The Bertz CT molecular complexity index is 753. The highest BCUT2D eigenvalue weighted by atomic mass is 16.5. The number of ether oxygens (including phenoxy) is 3. The zero-order valence-corrected chi connectivity index (χ0v) is 15.2. The van der Waals surface area contributed by atoms with E-state index in [0.29, 0.717) is 19.1 Å². The molecule has 6 heteroatoms. The molecule has 1 aliphatic heterocycles. The molecule has 2 aromatic rings. The van der Waals surface area contributed by atoms with Crippen molar-refractivity contribution in [2.45, 2.75) is 26.0 Å². The SMILES string of the molecule is COc1ccc(NC(N)=NCc2ccc(C)cc2OC2CCOC2)cc1. The highest BCUT2D eigenvalue weighted by Gasteiger charge is 2.18. The fraction of sp³-hybridized carbons (Fsp3) is 0.350. The molecule has 1 aliphatic rings. The maximum absolute atomic E-state index is 6.09. The lowest BCUT2D eigenvalue weighted by molar-refractivity contribution is 0.140. The lowest BCUT2D eigenvalue weighted by Gasteiger charge is -2.16. The van der Waals surface area contributed by atoms with Gasteiger partial charge in [-0.25, -0.2) is 4.99 Å². The van der Waals surface area contributed by atoms with Gasteiger partial charge in [0.05, 0.1) is 26.9 Å². The second-order valence-corrected chi connectivity index (χ2v) is 6.27. The number of aryl methyl sites for hydroxylation is 1. The van der Waals surface area contributed by atoms with Gasteiger partial charge in [-0.1, -0.05) is 12.1 Å². The van der Waals surface area contributed by atoms with Crippen LogP contribution in [-0.2, 0) is 11.3 Å². The van der Waals surface area contributed by atoms with E-state index in [1.807, 2.05) is 43.3 Å². The molecule has 138 valence electrons. The number of nitrogens with zero attached hydrogens (tertiary/aromatic N) is 1. The zero-order valence-electron chi connectivity index (χ0n) is 15.2. The first-order valence-corrected chi connectivity index (χ1v) is 8.69. The van der Waals surface area contributed by atoms with E-state index < -0.39 is 0 Å². The Kier molecular flexibility index (Phi) is 5.96. The van der Waals surface area contributed by atoms with Crippen LogP contribution in [0.25, 0.3) is 0 Å². The summed E-state index contributed by atoms with van der Waals surface area (Å²) in [5, 5.41) is 3.08. The fourth-order valence-electron chi connectivity index (χ4n) is 2.72. The molecule has 0 saturated carbocycles. The molecule has 1 saturated heterocycles. The van der Waals surface area contributed by atoms with E-state index in [0.717, 1.165) is 41.3 Å². The van der Waals surface area contributed by atoms with E-state index in [2.05, 4.69) is 16.4 Å². The molecule has 6 nitrogen and oxygen atoms in total. The monoisotopic (exact) mass is 355 g/mol.